The van der Waals surface area contributed by atoms with Crippen molar-refractivity contribution in [2.45, 2.75) is 13.2 Å². The molecule has 6 nitrogen and oxygen atoms in total. The summed E-state index contributed by atoms with van der Waals surface area (Å²) in [6, 6.07) is 11.7. The van der Waals surface area contributed by atoms with Crippen LogP contribution in [0.1, 0.15) is 15.9 Å². The fourth-order valence-corrected chi connectivity index (χ4v) is 3.45. The highest BCUT2D eigenvalue weighted by Gasteiger charge is 2.11. The number of aromatic nitrogens is 3. The first-order chi connectivity index (χ1) is 12.1. The van der Waals surface area contributed by atoms with Crippen molar-refractivity contribution in [2.75, 3.05) is 14.1 Å². The van der Waals surface area contributed by atoms with Crippen molar-refractivity contribution in [3.8, 4) is 10.7 Å². The predicted octanol–water partition coefficient (Wildman–Crippen LogP) is 1.70. The monoisotopic (exact) mass is 374 g/mol. The number of hydrogen-bond donors (Lipinski definition) is 3. The van der Waals surface area contributed by atoms with Gasteiger partial charge in [0.25, 0.3) is 5.91 Å². The summed E-state index contributed by atoms with van der Waals surface area (Å²) >= 11 is 6.99. The third-order valence-electron chi connectivity index (χ3n) is 3.81. The lowest BCUT2D eigenvalue weighted by Gasteiger charge is -2.14. The number of amides is 1. The van der Waals surface area contributed by atoms with Crippen LogP contribution in [0, 0.1) is 4.77 Å². The standard InChI is InChI=1S/C17H19N5OS2/c1-18-16(23)13-7-5-12(6-8-13)10-21(2)11-22-17(24)19-15(20-22)14-4-3-9-25-14/h3-9H,10-11H2,1-2H3,(H,18,23)(H,19,20,24)/p+1. The molecule has 0 bridgehead atoms. The van der Waals surface area contributed by atoms with Crippen LogP contribution in [0.25, 0.3) is 10.7 Å². The van der Waals surface area contributed by atoms with Gasteiger partial charge in [0, 0.05) is 18.2 Å². The number of carbonyl (C=O) groups is 1. The Morgan fingerprint density at radius 2 is 2.12 bits per heavy atom. The third-order valence-corrected chi connectivity index (χ3v) is 5.00. The molecule has 1 unspecified atom stereocenters. The average Bonchev–Trinajstić information content (AvgIpc) is 3.25. The summed E-state index contributed by atoms with van der Waals surface area (Å²) in [5.74, 6) is 0.736. The maximum atomic E-state index is 11.6. The summed E-state index contributed by atoms with van der Waals surface area (Å²) in [6.07, 6.45) is 0. The van der Waals surface area contributed by atoms with E-state index in [4.69, 9.17) is 12.2 Å². The molecule has 3 aromatic rings. The van der Waals surface area contributed by atoms with Gasteiger partial charge in [0.1, 0.15) is 6.54 Å². The van der Waals surface area contributed by atoms with E-state index in [0.717, 1.165) is 22.8 Å². The van der Waals surface area contributed by atoms with Gasteiger partial charge in [-0.05, 0) is 35.8 Å². The lowest BCUT2D eigenvalue weighted by Crippen LogP contribution is -3.07. The largest absolute Gasteiger partial charge is 0.355 e. The number of nitrogens with zero attached hydrogens (tertiary/aromatic N) is 2. The maximum absolute atomic E-state index is 11.6. The van der Waals surface area contributed by atoms with Gasteiger partial charge < -0.3 is 10.2 Å². The fourth-order valence-electron chi connectivity index (χ4n) is 2.58. The van der Waals surface area contributed by atoms with Crippen LogP contribution < -0.4 is 10.2 Å². The van der Waals surface area contributed by atoms with Gasteiger partial charge in [0.2, 0.25) is 4.77 Å². The first-order valence-electron chi connectivity index (χ1n) is 7.90. The zero-order chi connectivity index (χ0) is 17.8. The molecule has 130 valence electrons. The number of quaternary nitrogens is 1. The number of carbonyl (C=O) groups excluding carboxylic acids is 1. The van der Waals surface area contributed by atoms with E-state index >= 15 is 0 Å². The van der Waals surface area contributed by atoms with E-state index in [2.05, 4.69) is 22.4 Å². The highest BCUT2D eigenvalue weighted by Crippen LogP contribution is 2.20. The quantitative estimate of drug-likeness (QED) is 0.576. The van der Waals surface area contributed by atoms with Gasteiger partial charge in [-0.25, -0.2) is 4.68 Å². The van der Waals surface area contributed by atoms with Crippen LogP contribution in [0.4, 0.5) is 0 Å². The summed E-state index contributed by atoms with van der Waals surface area (Å²) in [5, 5.41) is 7.91. The Morgan fingerprint density at radius 1 is 1.36 bits per heavy atom. The highest BCUT2D eigenvalue weighted by molar-refractivity contribution is 7.71. The zero-order valence-corrected chi connectivity index (χ0v) is 15.7. The van der Waals surface area contributed by atoms with E-state index < -0.39 is 0 Å². The Labute approximate surface area is 155 Å². The number of H-pyrrole nitrogens is 1. The minimum Gasteiger partial charge on any atom is -0.355 e. The number of hydrogen-bond acceptors (Lipinski definition) is 4. The number of aromatic amines is 1. The second-order valence-electron chi connectivity index (χ2n) is 5.83. The number of thiophene rings is 1. The first-order valence-corrected chi connectivity index (χ1v) is 9.18. The van der Waals surface area contributed by atoms with E-state index in [0.29, 0.717) is 17.0 Å². The maximum Gasteiger partial charge on any atom is 0.251 e. The topological polar surface area (TPSA) is 67.2 Å². The second kappa shape index (κ2) is 7.73. The molecule has 0 saturated heterocycles. The second-order valence-corrected chi connectivity index (χ2v) is 7.14. The van der Waals surface area contributed by atoms with Crippen molar-refractivity contribution in [1.82, 2.24) is 20.1 Å². The third kappa shape index (κ3) is 4.22. The Morgan fingerprint density at radius 3 is 2.76 bits per heavy atom. The smallest absolute Gasteiger partial charge is 0.251 e. The molecule has 8 heteroatoms. The lowest BCUT2D eigenvalue weighted by molar-refractivity contribution is -0.917. The lowest BCUT2D eigenvalue weighted by atomic mass is 10.1. The van der Waals surface area contributed by atoms with Gasteiger partial charge >= 0.3 is 0 Å². The Bertz CT molecular complexity index is 896. The van der Waals surface area contributed by atoms with Gasteiger partial charge in [-0.1, -0.05) is 18.2 Å². The van der Waals surface area contributed by atoms with E-state index in [-0.39, 0.29) is 5.91 Å². The van der Waals surface area contributed by atoms with E-state index in [1.54, 1.807) is 18.4 Å². The van der Waals surface area contributed by atoms with Gasteiger partial charge in [-0.15, -0.1) is 11.3 Å². The molecule has 0 spiro atoms. The van der Waals surface area contributed by atoms with Gasteiger partial charge in [-0.2, -0.15) is 4.98 Å². The minimum atomic E-state index is -0.0721. The summed E-state index contributed by atoms with van der Waals surface area (Å²) in [6.45, 7) is 1.51. The van der Waals surface area contributed by atoms with E-state index in [9.17, 15) is 4.79 Å². The molecule has 0 aliphatic rings. The molecule has 25 heavy (non-hydrogen) atoms. The summed E-state index contributed by atoms with van der Waals surface area (Å²) in [4.78, 5) is 18.3. The number of benzene rings is 1. The number of nitrogens with one attached hydrogen (secondary N) is 3. The van der Waals surface area contributed by atoms with Crippen molar-refractivity contribution in [2.24, 2.45) is 0 Å². The molecule has 0 aliphatic carbocycles. The van der Waals surface area contributed by atoms with Crippen LogP contribution in [0.5, 0.6) is 0 Å². The van der Waals surface area contributed by atoms with Crippen molar-refractivity contribution in [3.05, 3.63) is 57.7 Å². The molecule has 2 aromatic heterocycles. The molecular formula is C17H20N5OS2+. The van der Waals surface area contributed by atoms with Crippen LogP contribution in [0.3, 0.4) is 0 Å². The van der Waals surface area contributed by atoms with Crippen LogP contribution >= 0.6 is 23.6 Å². The van der Waals surface area contributed by atoms with Gasteiger partial charge in [-0.3, -0.25) is 9.89 Å². The molecule has 1 atom stereocenters. The molecular weight excluding hydrogens is 354 g/mol. The predicted molar refractivity (Wildman–Crippen MR) is 101 cm³/mol. The summed E-state index contributed by atoms with van der Waals surface area (Å²) < 4.78 is 2.44. The molecule has 0 radical (unpaired) electrons. The zero-order valence-electron chi connectivity index (χ0n) is 14.1. The average molecular weight is 375 g/mol. The molecule has 3 N–H and O–H groups in total. The van der Waals surface area contributed by atoms with Crippen LogP contribution in [0.2, 0.25) is 0 Å². The van der Waals surface area contributed by atoms with Crippen LogP contribution in [-0.2, 0) is 13.2 Å². The summed E-state index contributed by atoms with van der Waals surface area (Å²) in [5.41, 5.74) is 1.83. The minimum absolute atomic E-state index is 0.0721. The van der Waals surface area contributed by atoms with E-state index in [1.165, 1.54) is 4.90 Å². The molecule has 0 saturated carbocycles. The number of rotatable bonds is 6. The van der Waals surface area contributed by atoms with E-state index in [1.807, 2.05) is 46.5 Å². The molecule has 3 rings (SSSR count). The SMILES string of the molecule is CNC(=O)c1ccc(C[NH+](C)Cn2[nH]c(-c3cccs3)nc2=S)cc1. The molecule has 1 amide bonds. The van der Waals surface area contributed by atoms with Crippen LogP contribution in [-0.4, -0.2) is 34.8 Å². The molecule has 1 aromatic carbocycles. The van der Waals surface area contributed by atoms with Gasteiger partial charge in [0.15, 0.2) is 12.5 Å². The first kappa shape index (κ1) is 17.5. The van der Waals surface area contributed by atoms with Crippen molar-refractivity contribution < 1.29 is 9.69 Å². The molecule has 0 aliphatic heterocycles. The van der Waals surface area contributed by atoms with Crippen LogP contribution in [0.15, 0.2) is 41.8 Å². The van der Waals surface area contributed by atoms with Crippen molar-refractivity contribution in [3.63, 3.8) is 0 Å². The van der Waals surface area contributed by atoms with Gasteiger partial charge in [0.05, 0.1) is 11.9 Å². The van der Waals surface area contributed by atoms with Crippen molar-refractivity contribution >= 4 is 29.5 Å². The van der Waals surface area contributed by atoms with Crippen molar-refractivity contribution in [1.29, 1.82) is 0 Å². The normalized spacial score (nSPS) is 12.1. The Balaban J connectivity index is 1.66. The Hall–Kier alpha value is -2.29. The molecule has 2 heterocycles. The summed E-state index contributed by atoms with van der Waals surface area (Å²) in [7, 11) is 3.73. The Kier molecular flexibility index (Phi) is 5.42. The highest BCUT2D eigenvalue weighted by atomic mass is 32.1. The fraction of sp³-hybridized carbons (Fsp3) is 0.235. The molecule has 0 fully saturated rings.